The van der Waals surface area contributed by atoms with E-state index in [0.717, 1.165) is 45.0 Å². The molecule has 1 aromatic rings. The quantitative estimate of drug-likeness (QED) is 0.736. The molecular weight excluding hydrogens is 230 g/mol. The van der Waals surface area contributed by atoms with Gasteiger partial charge >= 0.3 is 0 Å². The van der Waals surface area contributed by atoms with Crippen LogP contribution < -0.4 is 16.0 Å². The molecule has 0 unspecified atom stereocenters. The maximum Gasteiger partial charge on any atom is 0.229 e. The largest absolute Gasteiger partial charge is 0.368 e. The average molecular weight is 251 g/mol. The van der Waals surface area contributed by atoms with Crippen LogP contribution in [0.4, 0.5) is 11.9 Å². The van der Waals surface area contributed by atoms with Gasteiger partial charge in [0.25, 0.3) is 0 Å². The fourth-order valence-corrected chi connectivity index (χ4v) is 1.96. The number of hydrogen-bond donors (Lipinski definition) is 2. The molecule has 0 spiro atoms. The number of nitrogens with two attached hydrogens (primary N) is 1. The molecule has 2 rings (SSSR count). The van der Waals surface area contributed by atoms with Gasteiger partial charge in [0, 0.05) is 27.2 Å². The van der Waals surface area contributed by atoms with Crippen molar-refractivity contribution in [2.24, 2.45) is 0 Å². The minimum absolute atomic E-state index is 0.289. The van der Waals surface area contributed by atoms with Crippen LogP contribution in [0.5, 0.6) is 0 Å². The lowest BCUT2D eigenvalue weighted by Crippen LogP contribution is -2.29. The van der Waals surface area contributed by atoms with Gasteiger partial charge in [0.05, 0.1) is 6.54 Å². The van der Waals surface area contributed by atoms with E-state index in [1.54, 1.807) is 0 Å². The molecule has 1 aromatic heterocycles. The monoisotopic (exact) mass is 251 g/mol. The van der Waals surface area contributed by atoms with E-state index >= 15 is 0 Å². The number of nitrogens with one attached hydrogen (secondary N) is 1. The molecule has 1 saturated heterocycles. The summed E-state index contributed by atoms with van der Waals surface area (Å²) < 4.78 is 0. The van der Waals surface area contributed by atoms with Crippen molar-refractivity contribution in [2.45, 2.75) is 13.0 Å². The van der Waals surface area contributed by atoms with E-state index in [-0.39, 0.29) is 5.95 Å². The molecule has 0 radical (unpaired) electrons. The number of hydrogen-bond acceptors (Lipinski definition) is 7. The highest BCUT2D eigenvalue weighted by Crippen LogP contribution is 2.08. The second-order valence-corrected chi connectivity index (χ2v) is 4.68. The predicted octanol–water partition coefficient (Wildman–Crippen LogP) is -0.685. The number of nitrogen functional groups attached to an aromatic ring is 1. The minimum atomic E-state index is 0.289. The molecule has 0 bridgehead atoms. The molecule has 0 aliphatic carbocycles. The van der Waals surface area contributed by atoms with Gasteiger partial charge in [-0.3, -0.25) is 4.90 Å². The Bertz CT molecular complexity index is 385. The van der Waals surface area contributed by atoms with E-state index in [9.17, 15) is 0 Å². The molecule has 7 nitrogen and oxygen atoms in total. The fraction of sp³-hybridized carbons (Fsp3) is 0.727. The van der Waals surface area contributed by atoms with E-state index < -0.39 is 0 Å². The Kier molecular flexibility index (Phi) is 4.27. The first-order chi connectivity index (χ1) is 8.65. The molecule has 1 fully saturated rings. The Labute approximate surface area is 107 Å². The molecule has 0 atom stereocenters. The van der Waals surface area contributed by atoms with Gasteiger partial charge in [-0.25, -0.2) is 0 Å². The van der Waals surface area contributed by atoms with E-state index in [0.29, 0.717) is 5.95 Å². The first-order valence-electron chi connectivity index (χ1n) is 6.26. The topological polar surface area (TPSA) is 83.2 Å². The molecule has 3 N–H and O–H groups in total. The van der Waals surface area contributed by atoms with Crippen LogP contribution >= 0.6 is 0 Å². The zero-order valence-electron chi connectivity index (χ0n) is 11.1. The van der Waals surface area contributed by atoms with Crippen LogP contribution in [0.2, 0.25) is 0 Å². The van der Waals surface area contributed by atoms with Crippen molar-refractivity contribution in [2.75, 3.05) is 50.9 Å². The Morgan fingerprint density at radius 2 is 2.06 bits per heavy atom. The average Bonchev–Trinajstić information content (AvgIpc) is 2.57. The lowest BCUT2D eigenvalue weighted by atomic mass is 10.4. The summed E-state index contributed by atoms with van der Waals surface area (Å²) >= 11 is 0. The van der Waals surface area contributed by atoms with Crippen LogP contribution in [-0.4, -0.2) is 60.1 Å². The molecule has 0 aromatic carbocycles. The van der Waals surface area contributed by atoms with Gasteiger partial charge in [-0.05, 0) is 19.5 Å². The van der Waals surface area contributed by atoms with E-state index in [1.165, 1.54) is 0 Å². The van der Waals surface area contributed by atoms with Crippen LogP contribution in [0.25, 0.3) is 0 Å². The van der Waals surface area contributed by atoms with Gasteiger partial charge in [0.2, 0.25) is 11.9 Å². The molecule has 1 aliphatic heterocycles. The Balaban J connectivity index is 2.07. The maximum absolute atomic E-state index is 5.71. The summed E-state index contributed by atoms with van der Waals surface area (Å²) in [6.07, 6.45) is 1.15. The molecule has 100 valence electrons. The maximum atomic E-state index is 5.71. The molecule has 1 aliphatic rings. The van der Waals surface area contributed by atoms with Crippen molar-refractivity contribution in [1.29, 1.82) is 0 Å². The molecular formula is C11H21N7. The standard InChI is InChI=1S/C11H21N7/c1-17(2)11-15-9(14-10(12)16-11)8-18-6-3-4-13-5-7-18/h13H,3-8H2,1-2H3,(H2,12,14,15,16). The van der Waals surface area contributed by atoms with Crippen LogP contribution in [0.1, 0.15) is 12.2 Å². The third-order valence-corrected chi connectivity index (χ3v) is 2.88. The number of rotatable bonds is 3. The van der Waals surface area contributed by atoms with Crippen molar-refractivity contribution in [1.82, 2.24) is 25.2 Å². The smallest absolute Gasteiger partial charge is 0.229 e. The Morgan fingerprint density at radius 1 is 1.22 bits per heavy atom. The summed E-state index contributed by atoms with van der Waals surface area (Å²) in [5.74, 6) is 1.65. The van der Waals surface area contributed by atoms with E-state index in [2.05, 4.69) is 25.2 Å². The van der Waals surface area contributed by atoms with Crippen molar-refractivity contribution < 1.29 is 0 Å². The van der Waals surface area contributed by atoms with Crippen molar-refractivity contribution in [3.8, 4) is 0 Å². The molecule has 0 saturated carbocycles. The van der Waals surface area contributed by atoms with Gasteiger partial charge < -0.3 is 16.0 Å². The van der Waals surface area contributed by atoms with Crippen LogP contribution in [0.3, 0.4) is 0 Å². The third kappa shape index (κ3) is 3.51. The SMILES string of the molecule is CN(C)c1nc(N)nc(CN2CCCNCC2)n1. The van der Waals surface area contributed by atoms with Crippen molar-refractivity contribution in [3.05, 3.63) is 5.82 Å². The van der Waals surface area contributed by atoms with E-state index in [1.807, 2.05) is 19.0 Å². The van der Waals surface area contributed by atoms with Crippen molar-refractivity contribution >= 4 is 11.9 Å². The van der Waals surface area contributed by atoms with Crippen LogP contribution in [0, 0.1) is 0 Å². The lowest BCUT2D eigenvalue weighted by molar-refractivity contribution is 0.277. The van der Waals surface area contributed by atoms with Crippen LogP contribution in [-0.2, 0) is 6.54 Å². The van der Waals surface area contributed by atoms with Crippen molar-refractivity contribution in [3.63, 3.8) is 0 Å². The van der Waals surface area contributed by atoms with Gasteiger partial charge in [-0.2, -0.15) is 15.0 Å². The number of aromatic nitrogens is 3. The summed E-state index contributed by atoms with van der Waals surface area (Å²) in [7, 11) is 3.79. The summed E-state index contributed by atoms with van der Waals surface area (Å²) in [5, 5.41) is 3.38. The van der Waals surface area contributed by atoms with Gasteiger partial charge in [0.15, 0.2) is 0 Å². The minimum Gasteiger partial charge on any atom is -0.368 e. The summed E-state index contributed by atoms with van der Waals surface area (Å²) in [6, 6.07) is 0. The summed E-state index contributed by atoms with van der Waals surface area (Å²) in [6.45, 7) is 4.91. The van der Waals surface area contributed by atoms with Gasteiger partial charge in [-0.1, -0.05) is 0 Å². The molecule has 2 heterocycles. The highest BCUT2D eigenvalue weighted by Gasteiger charge is 2.12. The third-order valence-electron chi connectivity index (χ3n) is 2.88. The highest BCUT2D eigenvalue weighted by atomic mass is 15.3. The van der Waals surface area contributed by atoms with E-state index in [4.69, 9.17) is 5.73 Å². The fourth-order valence-electron chi connectivity index (χ4n) is 1.96. The molecule has 18 heavy (non-hydrogen) atoms. The summed E-state index contributed by atoms with van der Waals surface area (Å²) in [5.41, 5.74) is 5.71. The predicted molar refractivity (Wildman–Crippen MR) is 71.3 cm³/mol. The Morgan fingerprint density at radius 3 is 2.83 bits per heavy atom. The lowest BCUT2D eigenvalue weighted by Gasteiger charge is -2.19. The second-order valence-electron chi connectivity index (χ2n) is 4.68. The summed E-state index contributed by atoms with van der Waals surface area (Å²) in [4.78, 5) is 16.9. The van der Waals surface area contributed by atoms with Gasteiger partial charge in [0.1, 0.15) is 5.82 Å². The molecule has 0 amide bonds. The molecule has 7 heteroatoms. The Hall–Kier alpha value is -1.47. The zero-order chi connectivity index (χ0) is 13.0. The zero-order valence-corrected chi connectivity index (χ0v) is 11.1. The first kappa shape index (κ1) is 13.0. The van der Waals surface area contributed by atoms with Crippen LogP contribution in [0.15, 0.2) is 0 Å². The highest BCUT2D eigenvalue weighted by molar-refractivity contribution is 5.32. The number of nitrogens with zero attached hydrogens (tertiary/aromatic N) is 5. The number of anilines is 2. The second kappa shape index (κ2) is 5.92. The first-order valence-corrected chi connectivity index (χ1v) is 6.26. The normalized spacial score (nSPS) is 17.4. The van der Waals surface area contributed by atoms with Gasteiger partial charge in [-0.15, -0.1) is 0 Å².